The van der Waals surface area contributed by atoms with Crippen molar-refractivity contribution in [1.29, 1.82) is 0 Å². The second-order valence-electron chi connectivity index (χ2n) is 3.00. The molecule has 0 atom stereocenters. The summed E-state index contributed by atoms with van der Waals surface area (Å²) in [5.41, 5.74) is 0.871. The molecule has 0 bridgehead atoms. The fourth-order valence-corrected chi connectivity index (χ4v) is 1.26. The Bertz CT molecular complexity index is 260. The van der Waals surface area contributed by atoms with Crippen LogP contribution in [0.1, 0.15) is 31.3 Å². The Balaban J connectivity index is 2.32. The average Bonchev–Trinajstić information content (AvgIpc) is 2.39. The van der Waals surface area contributed by atoms with Crippen LogP contribution in [0.5, 0.6) is 0 Å². The monoisotopic (exact) mass is 202 g/mol. The molecule has 13 heavy (non-hydrogen) atoms. The predicted octanol–water partition coefficient (Wildman–Crippen LogP) is 2.69. The Labute approximate surface area is 83.5 Å². The Morgan fingerprint density at radius 1 is 1.54 bits per heavy atom. The van der Waals surface area contributed by atoms with Gasteiger partial charge in [0.05, 0.1) is 12.3 Å². The molecular formula is C9H15ClN2O. The zero-order valence-corrected chi connectivity index (χ0v) is 8.82. The van der Waals surface area contributed by atoms with Crippen molar-refractivity contribution in [2.45, 2.75) is 33.3 Å². The summed E-state index contributed by atoms with van der Waals surface area (Å²) in [6.07, 6.45) is 2.24. The van der Waals surface area contributed by atoms with Gasteiger partial charge < -0.3 is 9.72 Å². The lowest BCUT2D eigenvalue weighted by molar-refractivity contribution is 0.116. The van der Waals surface area contributed by atoms with E-state index in [2.05, 4.69) is 16.9 Å². The van der Waals surface area contributed by atoms with Crippen molar-refractivity contribution in [3.8, 4) is 0 Å². The third-order valence-electron chi connectivity index (χ3n) is 1.74. The maximum absolute atomic E-state index is 5.84. The predicted molar refractivity (Wildman–Crippen MR) is 52.9 cm³/mol. The first-order valence-corrected chi connectivity index (χ1v) is 4.90. The van der Waals surface area contributed by atoms with Gasteiger partial charge in [-0.1, -0.05) is 24.9 Å². The number of hydrogen-bond acceptors (Lipinski definition) is 2. The molecule has 0 fully saturated rings. The molecule has 0 saturated carbocycles. The zero-order chi connectivity index (χ0) is 9.68. The van der Waals surface area contributed by atoms with Gasteiger partial charge in [-0.25, -0.2) is 4.98 Å². The summed E-state index contributed by atoms with van der Waals surface area (Å²) >= 11 is 5.84. The normalized spacial score (nSPS) is 10.7. The molecule has 0 aliphatic rings. The van der Waals surface area contributed by atoms with E-state index in [-0.39, 0.29) is 0 Å². The van der Waals surface area contributed by atoms with Crippen molar-refractivity contribution in [2.24, 2.45) is 0 Å². The number of aromatic nitrogens is 2. The molecule has 0 aliphatic heterocycles. The Kier molecular flexibility index (Phi) is 4.25. The molecule has 0 aromatic carbocycles. The molecule has 0 saturated heterocycles. The summed E-state index contributed by atoms with van der Waals surface area (Å²) in [5, 5.41) is 0.522. The van der Waals surface area contributed by atoms with Crippen molar-refractivity contribution < 1.29 is 4.74 Å². The largest absolute Gasteiger partial charge is 0.375 e. The number of aromatic amines is 1. The van der Waals surface area contributed by atoms with Crippen LogP contribution in [0.25, 0.3) is 0 Å². The van der Waals surface area contributed by atoms with E-state index in [9.17, 15) is 0 Å². The molecule has 0 unspecified atom stereocenters. The first kappa shape index (κ1) is 10.5. The van der Waals surface area contributed by atoms with Gasteiger partial charge in [0, 0.05) is 6.61 Å². The molecule has 0 spiro atoms. The average molecular weight is 203 g/mol. The van der Waals surface area contributed by atoms with Crippen LogP contribution in [0.3, 0.4) is 0 Å². The van der Waals surface area contributed by atoms with E-state index in [1.54, 1.807) is 0 Å². The van der Waals surface area contributed by atoms with Crippen LogP contribution in [0.2, 0.25) is 5.15 Å². The molecule has 1 rings (SSSR count). The second kappa shape index (κ2) is 5.25. The van der Waals surface area contributed by atoms with Crippen LogP contribution < -0.4 is 0 Å². The van der Waals surface area contributed by atoms with E-state index in [0.29, 0.717) is 11.8 Å². The summed E-state index contributed by atoms with van der Waals surface area (Å²) in [6, 6.07) is 0. The van der Waals surface area contributed by atoms with Crippen molar-refractivity contribution in [2.75, 3.05) is 6.61 Å². The summed E-state index contributed by atoms with van der Waals surface area (Å²) in [6.45, 7) is 5.32. The highest BCUT2D eigenvalue weighted by molar-refractivity contribution is 6.30. The minimum Gasteiger partial charge on any atom is -0.375 e. The van der Waals surface area contributed by atoms with Gasteiger partial charge in [0.25, 0.3) is 0 Å². The Morgan fingerprint density at radius 3 is 2.85 bits per heavy atom. The number of imidazole rings is 1. The first-order chi connectivity index (χ1) is 6.24. The summed E-state index contributed by atoms with van der Waals surface area (Å²) in [5.74, 6) is 0.832. The quantitative estimate of drug-likeness (QED) is 0.746. The molecule has 0 radical (unpaired) electrons. The van der Waals surface area contributed by atoms with Gasteiger partial charge in [0.2, 0.25) is 0 Å². The Hall–Kier alpha value is -0.540. The minimum atomic E-state index is 0.522. The number of rotatable bonds is 5. The lowest BCUT2D eigenvalue weighted by Crippen LogP contribution is -1.95. The van der Waals surface area contributed by atoms with Crippen LogP contribution in [-0.2, 0) is 11.3 Å². The smallest absolute Gasteiger partial charge is 0.152 e. The van der Waals surface area contributed by atoms with Gasteiger partial charge in [-0.05, 0) is 13.3 Å². The number of H-pyrrole nitrogens is 1. The standard InChI is InChI=1S/C9H15ClN2O/c1-3-4-5-13-6-8-9(10)12-7(2)11-8/h3-6H2,1-2H3,(H,11,12). The van der Waals surface area contributed by atoms with E-state index >= 15 is 0 Å². The van der Waals surface area contributed by atoms with Gasteiger partial charge in [-0.2, -0.15) is 0 Å². The van der Waals surface area contributed by atoms with E-state index in [4.69, 9.17) is 16.3 Å². The summed E-state index contributed by atoms with van der Waals surface area (Å²) in [4.78, 5) is 7.09. The molecule has 0 amide bonds. The molecule has 74 valence electrons. The summed E-state index contributed by atoms with van der Waals surface area (Å²) in [7, 11) is 0. The molecular weight excluding hydrogens is 188 g/mol. The molecule has 1 heterocycles. The van der Waals surface area contributed by atoms with Crippen LogP contribution in [0.4, 0.5) is 0 Å². The van der Waals surface area contributed by atoms with Gasteiger partial charge >= 0.3 is 0 Å². The van der Waals surface area contributed by atoms with E-state index in [1.165, 1.54) is 0 Å². The molecule has 3 nitrogen and oxygen atoms in total. The fraction of sp³-hybridized carbons (Fsp3) is 0.667. The number of hydrogen-bond donors (Lipinski definition) is 1. The van der Waals surface area contributed by atoms with E-state index < -0.39 is 0 Å². The van der Waals surface area contributed by atoms with Gasteiger partial charge in [0.1, 0.15) is 5.82 Å². The fourth-order valence-electron chi connectivity index (χ4n) is 1.03. The van der Waals surface area contributed by atoms with Gasteiger partial charge in [0.15, 0.2) is 5.15 Å². The molecule has 0 aliphatic carbocycles. The lowest BCUT2D eigenvalue weighted by atomic mass is 10.4. The highest BCUT2D eigenvalue weighted by Gasteiger charge is 2.04. The van der Waals surface area contributed by atoms with Crippen molar-refractivity contribution in [1.82, 2.24) is 9.97 Å². The van der Waals surface area contributed by atoms with Crippen LogP contribution in [0.15, 0.2) is 0 Å². The number of ether oxygens (including phenoxy) is 1. The third-order valence-corrected chi connectivity index (χ3v) is 2.05. The molecule has 1 N–H and O–H groups in total. The zero-order valence-electron chi connectivity index (χ0n) is 8.06. The van der Waals surface area contributed by atoms with Crippen molar-refractivity contribution in [3.63, 3.8) is 0 Å². The van der Waals surface area contributed by atoms with Crippen LogP contribution >= 0.6 is 11.6 Å². The van der Waals surface area contributed by atoms with Crippen molar-refractivity contribution in [3.05, 3.63) is 16.7 Å². The number of unbranched alkanes of at least 4 members (excludes halogenated alkanes) is 1. The third kappa shape index (κ3) is 3.36. The maximum Gasteiger partial charge on any atom is 0.152 e. The first-order valence-electron chi connectivity index (χ1n) is 4.52. The highest BCUT2D eigenvalue weighted by Crippen LogP contribution is 2.13. The topological polar surface area (TPSA) is 37.9 Å². The highest BCUT2D eigenvalue weighted by atomic mass is 35.5. The van der Waals surface area contributed by atoms with E-state index in [1.807, 2.05) is 6.92 Å². The van der Waals surface area contributed by atoms with Crippen molar-refractivity contribution >= 4 is 11.6 Å². The number of nitrogens with zero attached hydrogens (tertiary/aromatic N) is 1. The minimum absolute atomic E-state index is 0.522. The maximum atomic E-state index is 5.84. The van der Waals surface area contributed by atoms with Crippen LogP contribution in [0, 0.1) is 6.92 Å². The number of aryl methyl sites for hydroxylation is 1. The Morgan fingerprint density at radius 2 is 2.31 bits per heavy atom. The number of nitrogens with one attached hydrogen (secondary N) is 1. The SMILES string of the molecule is CCCCOCc1[nH]c(C)nc1Cl. The lowest BCUT2D eigenvalue weighted by Gasteiger charge is -2.00. The molecule has 1 aromatic rings. The van der Waals surface area contributed by atoms with Gasteiger partial charge in [-0.15, -0.1) is 0 Å². The summed E-state index contributed by atoms with van der Waals surface area (Å²) < 4.78 is 5.40. The number of halogens is 1. The van der Waals surface area contributed by atoms with Gasteiger partial charge in [-0.3, -0.25) is 0 Å². The molecule has 1 aromatic heterocycles. The second-order valence-corrected chi connectivity index (χ2v) is 3.36. The van der Waals surface area contributed by atoms with Crippen LogP contribution in [-0.4, -0.2) is 16.6 Å². The molecule has 4 heteroatoms. The van der Waals surface area contributed by atoms with E-state index in [0.717, 1.165) is 31.0 Å².